The molecule has 2 aliphatic rings. The Balaban J connectivity index is 0.00000136. The molecule has 1 heterocycles. The van der Waals surface area contributed by atoms with Gasteiger partial charge >= 0.3 is 0 Å². The molecule has 0 bridgehead atoms. The lowest BCUT2D eigenvalue weighted by molar-refractivity contribution is 0.0638. The lowest BCUT2D eigenvalue weighted by atomic mass is 9.80. The van der Waals surface area contributed by atoms with Crippen LogP contribution in [0.4, 0.5) is 5.69 Å². The van der Waals surface area contributed by atoms with Crippen molar-refractivity contribution in [1.29, 1.82) is 0 Å². The molecule has 154 valence electrons. The Bertz CT molecular complexity index is 678. The zero-order chi connectivity index (χ0) is 20.4. The molecule has 1 aliphatic carbocycles. The average molecular weight is 382 g/mol. The Hall–Kier alpha value is -1.67. The molecule has 0 N–H and O–H groups in total. The number of ether oxygens (including phenoxy) is 1. The largest absolute Gasteiger partial charge is 0.381 e. The fourth-order valence-electron chi connectivity index (χ4n) is 4.15. The van der Waals surface area contributed by atoms with Gasteiger partial charge in [0.1, 0.15) is 0 Å². The van der Waals surface area contributed by atoms with Gasteiger partial charge < -0.3 is 4.74 Å². The van der Waals surface area contributed by atoms with E-state index in [0.717, 1.165) is 31.4 Å². The van der Waals surface area contributed by atoms with Crippen molar-refractivity contribution in [2.45, 2.75) is 84.7 Å². The van der Waals surface area contributed by atoms with Crippen LogP contribution in [-0.4, -0.2) is 18.9 Å². The van der Waals surface area contributed by atoms with E-state index in [4.69, 9.17) is 9.73 Å². The second-order valence-electron chi connectivity index (χ2n) is 7.74. The zero-order valence-corrected chi connectivity index (χ0v) is 18.5. The predicted octanol–water partition coefficient (Wildman–Crippen LogP) is 7.70. The van der Waals surface area contributed by atoms with E-state index >= 15 is 0 Å². The molecule has 0 aromatic heterocycles. The minimum Gasteiger partial charge on any atom is -0.381 e. The molecule has 0 spiro atoms. The molecule has 2 heteroatoms. The van der Waals surface area contributed by atoms with Crippen LogP contribution in [0.5, 0.6) is 0 Å². The fourth-order valence-corrected chi connectivity index (χ4v) is 4.15. The topological polar surface area (TPSA) is 21.6 Å². The van der Waals surface area contributed by atoms with Gasteiger partial charge in [-0.1, -0.05) is 52.3 Å². The number of hydrogen-bond donors (Lipinski definition) is 0. The van der Waals surface area contributed by atoms with Gasteiger partial charge in [-0.3, -0.25) is 4.99 Å². The van der Waals surface area contributed by atoms with Crippen molar-refractivity contribution in [1.82, 2.24) is 0 Å². The molecule has 0 amide bonds. The first-order valence-corrected chi connectivity index (χ1v) is 11.3. The summed E-state index contributed by atoms with van der Waals surface area (Å²) in [6.45, 7) is 10.7. The first-order chi connectivity index (χ1) is 13.7. The summed E-state index contributed by atoms with van der Waals surface area (Å²) in [5.41, 5.74) is 6.28. The lowest BCUT2D eigenvalue weighted by Gasteiger charge is -2.29. The smallest absolute Gasteiger partial charge is 0.0668 e. The van der Waals surface area contributed by atoms with Gasteiger partial charge in [-0.2, -0.15) is 0 Å². The van der Waals surface area contributed by atoms with Crippen molar-refractivity contribution in [2.75, 3.05) is 7.11 Å². The van der Waals surface area contributed by atoms with Crippen LogP contribution >= 0.6 is 0 Å². The van der Waals surface area contributed by atoms with E-state index < -0.39 is 0 Å². The van der Waals surface area contributed by atoms with Crippen molar-refractivity contribution in [2.24, 2.45) is 10.9 Å². The summed E-state index contributed by atoms with van der Waals surface area (Å²) in [7, 11) is 1.83. The number of aliphatic imine (C=N–C) groups is 1. The highest BCUT2D eigenvalue weighted by atomic mass is 16.5. The van der Waals surface area contributed by atoms with Gasteiger partial charge in [-0.15, -0.1) is 0 Å². The van der Waals surface area contributed by atoms with E-state index in [1.165, 1.54) is 54.5 Å². The highest BCUT2D eigenvalue weighted by molar-refractivity contribution is 5.97. The highest BCUT2D eigenvalue weighted by Gasteiger charge is 2.23. The number of methoxy groups -OCH3 is 1. The van der Waals surface area contributed by atoms with E-state index in [1.807, 2.05) is 21.0 Å². The predicted molar refractivity (Wildman–Crippen MR) is 124 cm³/mol. The number of nitrogens with zero attached hydrogens (tertiary/aromatic N) is 1. The van der Waals surface area contributed by atoms with Crippen LogP contribution in [-0.2, 0) is 11.2 Å². The van der Waals surface area contributed by atoms with Crippen molar-refractivity contribution in [3.63, 3.8) is 0 Å². The second kappa shape index (κ2) is 12.0. The van der Waals surface area contributed by atoms with Crippen LogP contribution < -0.4 is 0 Å². The summed E-state index contributed by atoms with van der Waals surface area (Å²) in [5.74, 6) is 0.592. The summed E-state index contributed by atoms with van der Waals surface area (Å²) in [6.07, 6.45) is 15.4. The fraction of sp³-hybridized carbons (Fsp3) is 0.577. The number of fused-ring (bicyclic) bond motifs is 1. The van der Waals surface area contributed by atoms with E-state index in [9.17, 15) is 0 Å². The molecular weight excluding hydrogens is 342 g/mol. The molecule has 1 aliphatic heterocycles. The van der Waals surface area contributed by atoms with E-state index in [1.54, 1.807) is 0 Å². The number of hydrogen-bond acceptors (Lipinski definition) is 2. The van der Waals surface area contributed by atoms with Gasteiger partial charge in [-0.05, 0) is 85.8 Å². The number of rotatable bonds is 7. The van der Waals surface area contributed by atoms with Gasteiger partial charge in [0.25, 0.3) is 0 Å². The number of unbranched alkanes of at least 4 members (excludes halogenated alkanes) is 2. The molecule has 2 nitrogen and oxygen atoms in total. The number of allylic oxidation sites excluding steroid dienone is 3. The van der Waals surface area contributed by atoms with Crippen LogP contribution in [0, 0.1) is 5.92 Å². The Morgan fingerprint density at radius 2 is 1.89 bits per heavy atom. The van der Waals surface area contributed by atoms with Crippen molar-refractivity contribution in [3.8, 4) is 0 Å². The minimum absolute atomic E-state index is 0.441. The maximum Gasteiger partial charge on any atom is 0.0668 e. The van der Waals surface area contributed by atoms with Gasteiger partial charge in [0.2, 0.25) is 0 Å². The van der Waals surface area contributed by atoms with Crippen LogP contribution in [0.25, 0.3) is 5.57 Å². The van der Waals surface area contributed by atoms with Crippen LogP contribution in [0.15, 0.2) is 41.9 Å². The van der Waals surface area contributed by atoms with Crippen LogP contribution in [0.2, 0.25) is 0 Å². The molecule has 1 aromatic rings. The molecule has 1 saturated carbocycles. The van der Waals surface area contributed by atoms with Crippen LogP contribution in [0.1, 0.15) is 83.3 Å². The van der Waals surface area contributed by atoms with E-state index in [-0.39, 0.29) is 0 Å². The quantitative estimate of drug-likeness (QED) is 0.443. The van der Waals surface area contributed by atoms with Gasteiger partial charge in [0.15, 0.2) is 0 Å². The van der Waals surface area contributed by atoms with E-state index in [2.05, 4.69) is 43.9 Å². The number of benzene rings is 1. The van der Waals surface area contributed by atoms with Crippen molar-refractivity contribution >= 4 is 17.0 Å². The van der Waals surface area contributed by atoms with Crippen molar-refractivity contribution < 1.29 is 4.74 Å². The van der Waals surface area contributed by atoms with Crippen molar-refractivity contribution in [3.05, 3.63) is 48.1 Å². The molecule has 28 heavy (non-hydrogen) atoms. The molecular formula is C26H39NO. The first kappa shape index (κ1) is 22.6. The third kappa shape index (κ3) is 6.17. The summed E-state index contributed by atoms with van der Waals surface area (Å²) >= 11 is 0. The standard InChI is InChI=1S/C24H33NO.C2H6/c1-4-5-6-9-22-10-7-8-21-17-20(13-16-24(21)25-22)18(2)19-11-14-23(26-3)15-12-19;1-2/h7,10,13,16-17,19,23H,2,4-6,8-9,11-12,14-15H2,1,3H3;1-2H3. The van der Waals surface area contributed by atoms with Gasteiger partial charge in [0, 0.05) is 12.8 Å². The SMILES string of the molecule is C=C(c1ccc2c(c1)CC=CC(CCCCC)=N2)C1CCC(OC)CC1.CC. The molecule has 1 aromatic carbocycles. The Kier molecular flexibility index (Phi) is 9.70. The second-order valence-corrected chi connectivity index (χ2v) is 7.74. The van der Waals surface area contributed by atoms with Gasteiger partial charge in [0.05, 0.1) is 11.8 Å². The molecule has 0 radical (unpaired) electrons. The maximum absolute atomic E-state index is 5.51. The summed E-state index contributed by atoms with van der Waals surface area (Å²) in [6, 6.07) is 6.74. The molecule has 0 unspecified atom stereocenters. The third-order valence-corrected chi connectivity index (χ3v) is 5.90. The van der Waals surface area contributed by atoms with Gasteiger partial charge in [-0.25, -0.2) is 0 Å². The Morgan fingerprint density at radius 1 is 1.14 bits per heavy atom. The lowest BCUT2D eigenvalue weighted by Crippen LogP contribution is -2.20. The molecule has 0 atom stereocenters. The molecule has 0 saturated heterocycles. The third-order valence-electron chi connectivity index (χ3n) is 5.90. The highest BCUT2D eigenvalue weighted by Crippen LogP contribution is 2.37. The average Bonchev–Trinajstić information content (AvgIpc) is 2.96. The first-order valence-electron chi connectivity index (χ1n) is 11.3. The van der Waals surface area contributed by atoms with E-state index in [0.29, 0.717) is 12.0 Å². The normalized spacial score (nSPS) is 21.1. The Labute approximate surface area is 172 Å². The zero-order valence-electron chi connectivity index (χ0n) is 18.5. The Morgan fingerprint density at radius 3 is 2.57 bits per heavy atom. The minimum atomic E-state index is 0.441. The molecule has 3 rings (SSSR count). The summed E-state index contributed by atoms with van der Waals surface area (Å²) in [4.78, 5) is 4.93. The molecule has 1 fully saturated rings. The summed E-state index contributed by atoms with van der Waals surface area (Å²) < 4.78 is 5.51. The monoisotopic (exact) mass is 381 g/mol. The van der Waals surface area contributed by atoms with Crippen LogP contribution in [0.3, 0.4) is 0 Å². The summed E-state index contributed by atoms with van der Waals surface area (Å²) in [5, 5.41) is 0. The maximum atomic E-state index is 5.51.